The first-order chi connectivity index (χ1) is 26.5. The Morgan fingerprint density at radius 3 is 2.49 bits per heavy atom. The number of fused-ring (bicyclic) bond motifs is 1. The highest BCUT2D eigenvalue weighted by molar-refractivity contribution is 5.92. The molecule has 2 aromatic carbocycles. The molecule has 0 radical (unpaired) electrons. The van der Waals surface area contributed by atoms with Gasteiger partial charge in [0.15, 0.2) is 17.4 Å². The zero-order chi connectivity index (χ0) is 39.5. The van der Waals surface area contributed by atoms with E-state index in [1.54, 1.807) is 19.2 Å². The number of carbonyl (C=O) groups excluding carboxylic acids is 2. The third-order valence-corrected chi connectivity index (χ3v) is 8.66. The lowest BCUT2D eigenvalue weighted by Crippen LogP contribution is -2.47. The van der Waals surface area contributed by atoms with E-state index in [1.165, 1.54) is 17.8 Å². The van der Waals surface area contributed by atoms with Crippen LogP contribution in [0.4, 0.5) is 20.3 Å². The van der Waals surface area contributed by atoms with Crippen molar-refractivity contribution in [2.24, 2.45) is 11.5 Å². The lowest BCUT2D eigenvalue weighted by Gasteiger charge is -2.17. The number of aryl methyl sites for hydroxylation is 2. The molecule has 14 nitrogen and oxygen atoms in total. The molecular weight excluding hydrogens is 712 g/mol. The van der Waals surface area contributed by atoms with Crippen molar-refractivity contribution in [1.29, 1.82) is 0 Å². The number of carbonyl (C=O) groups is 2. The average molecular weight is 760 g/mol. The maximum absolute atomic E-state index is 15.1. The van der Waals surface area contributed by atoms with Gasteiger partial charge in [-0.3, -0.25) is 14.5 Å². The third-order valence-electron chi connectivity index (χ3n) is 8.66. The predicted octanol–water partition coefficient (Wildman–Crippen LogP) is 5.25. The van der Waals surface area contributed by atoms with Crippen molar-refractivity contribution in [2.75, 3.05) is 31.7 Å². The highest BCUT2D eigenvalue weighted by Gasteiger charge is 2.22. The van der Waals surface area contributed by atoms with Crippen LogP contribution in [-0.4, -0.2) is 75.1 Å². The van der Waals surface area contributed by atoms with Crippen molar-refractivity contribution in [3.05, 3.63) is 83.3 Å². The maximum Gasteiger partial charge on any atom is 0.328 e. The Labute approximate surface area is 318 Å². The van der Waals surface area contributed by atoms with E-state index >= 15 is 8.78 Å². The third kappa shape index (κ3) is 10.5. The smallest absolute Gasteiger partial charge is 0.328 e. The number of anilines is 2. The number of esters is 1. The predicted molar refractivity (Wildman–Crippen MR) is 204 cm³/mol. The molecule has 0 bridgehead atoms. The van der Waals surface area contributed by atoms with Gasteiger partial charge >= 0.3 is 5.97 Å². The monoisotopic (exact) mass is 759 g/mol. The van der Waals surface area contributed by atoms with E-state index in [-0.39, 0.29) is 43.5 Å². The Morgan fingerprint density at radius 1 is 0.982 bits per heavy atom. The van der Waals surface area contributed by atoms with E-state index in [2.05, 4.69) is 20.6 Å². The molecule has 16 heteroatoms. The van der Waals surface area contributed by atoms with Gasteiger partial charge in [0.05, 0.1) is 44.1 Å². The molecule has 0 saturated carbocycles. The van der Waals surface area contributed by atoms with Crippen LogP contribution in [0.5, 0.6) is 11.5 Å². The van der Waals surface area contributed by atoms with Gasteiger partial charge in [0.1, 0.15) is 29.1 Å². The largest absolute Gasteiger partial charge is 0.494 e. The Hall–Kier alpha value is -5.74. The van der Waals surface area contributed by atoms with E-state index in [0.29, 0.717) is 54.0 Å². The van der Waals surface area contributed by atoms with Crippen LogP contribution >= 0.6 is 0 Å². The molecule has 2 atom stereocenters. The second-order valence-electron chi connectivity index (χ2n) is 13.0. The summed E-state index contributed by atoms with van der Waals surface area (Å²) in [6.07, 6.45) is 5.52. The second-order valence-corrected chi connectivity index (χ2v) is 13.0. The van der Waals surface area contributed by atoms with Crippen molar-refractivity contribution < 1.29 is 32.6 Å². The lowest BCUT2D eigenvalue weighted by molar-refractivity contribution is -0.147. The van der Waals surface area contributed by atoms with Crippen LogP contribution in [0.25, 0.3) is 22.4 Å². The molecule has 292 valence electrons. The van der Waals surface area contributed by atoms with Gasteiger partial charge in [-0.05, 0) is 64.8 Å². The van der Waals surface area contributed by atoms with Crippen molar-refractivity contribution in [3.63, 3.8) is 0 Å². The Bertz CT molecular complexity index is 2090. The summed E-state index contributed by atoms with van der Waals surface area (Å²) in [5, 5.41) is 11.3. The highest BCUT2D eigenvalue weighted by Crippen LogP contribution is 2.33. The molecule has 0 aliphatic carbocycles. The number of para-hydroxylation sites is 1. The number of benzene rings is 2. The highest BCUT2D eigenvalue weighted by atomic mass is 19.1. The number of aromatic nitrogens is 5. The number of hydrogen-bond donors (Lipinski definition) is 4. The van der Waals surface area contributed by atoms with Gasteiger partial charge in [0.25, 0.3) is 0 Å². The summed E-state index contributed by atoms with van der Waals surface area (Å²) in [6, 6.07) is 9.85. The first-order valence-electron chi connectivity index (χ1n) is 18.2. The first kappa shape index (κ1) is 40.4. The fourth-order valence-electron chi connectivity index (χ4n) is 5.67. The molecule has 5 aromatic rings. The summed E-state index contributed by atoms with van der Waals surface area (Å²) < 4.78 is 48.4. The molecule has 0 fully saturated rings. The van der Waals surface area contributed by atoms with Crippen molar-refractivity contribution in [1.82, 2.24) is 30.0 Å². The number of halogens is 2. The van der Waals surface area contributed by atoms with Crippen LogP contribution in [0.3, 0.4) is 0 Å². The van der Waals surface area contributed by atoms with E-state index in [0.717, 1.165) is 35.5 Å². The zero-order valence-corrected chi connectivity index (χ0v) is 31.4. The Morgan fingerprint density at radius 2 is 1.75 bits per heavy atom. The van der Waals surface area contributed by atoms with Crippen molar-refractivity contribution in [2.45, 2.75) is 72.0 Å². The van der Waals surface area contributed by atoms with E-state index in [1.807, 2.05) is 38.1 Å². The molecule has 6 N–H and O–H groups in total. The molecule has 1 amide bonds. The van der Waals surface area contributed by atoms with Gasteiger partial charge in [-0.15, -0.1) is 0 Å². The molecule has 3 aromatic heterocycles. The summed E-state index contributed by atoms with van der Waals surface area (Å²) >= 11 is 0. The van der Waals surface area contributed by atoms with E-state index in [4.69, 9.17) is 35.8 Å². The van der Waals surface area contributed by atoms with Gasteiger partial charge in [-0.25, -0.2) is 23.5 Å². The number of pyridine rings is 1. The molecule has 3 heterocycles. The summed E-state index contributed by atoms with van der Waals surface area (Å²) in [5.41, 5.74) is 14.6. The molecule has 0 aliphatic heterocycles. The van der Waals surface area contributed by atoms with E-state index < -0.39 is 35.6 Å². The van der Waals surface area contributed by atoms with Gasteiger partial charge < -0.3 is 36.3 Å². The standard InChI is InChI=1S/C39H47F2N9O5/c1-5-53-26-18-29(40)28(30(41)19-26)22-50-33-13-7-6-11-27(33)35(49-50)37-45-21-34(36(48-37)47-32-17-24(3)44-20-23(32)2)54-15-10-16-55-39(52)25(4)46-38(51)31(43)12-8-9-14-42/h6-7,11,13,17-21,25,31H,5,8-10,12,14-16,22,42-43H2,1-4H3,(H,46,51)(H,44,45,47,48). The SMILES string of the molecule is CCOc1cc(F)c(Cn2nc(-c3ncc(OCCCOC(=O)C(C)NC(=O)C(N)CCCCN)c(Nc4cc(C)ncc4C)n3)c3ccccc32)c(F)c1. The van der Waals surface area contributed by atoms with E-state index in [9.17, 15) is 9.59 Å². The summed E-state index contributed by atoms with van der Waals surface area (Å²) in [7, 11) is 0. The number of nitrogens with one attached hydrogen (secondary N) is 2. The molecule has 0 saturated heterocycles. The summed E-state index contributed by atoms with van der Waals surface area (Å²) in [5.74, 6) is -1.53. The Kier molecular flexibility index (Phi) is 14.0. The topological polar surface area (TPSA) is 194 Å². The van der Waals surface area contributed by atoms with Crippen LogP contribution in [0.2, 0.25) is 0 Å². The normalized spacial score (nSPS) is 12.3. The quantitative estimate of drug-likeness (QED) is 0.0632. The van der Waals surface area contributed by atoms with Crippen LogP contribution < -0.4 is 31.6 Å². The maximum atomic E-state index is 15.1. The summed E-state index contributed by atoms with van der Waals surface area (Å²) in [4.78, 5) is 38.6. The molecule has 0 aliphatic rings. The number of amides is 1. The molecule has 55 heavy (non-hydrogen) atoms. The van der Waals surface area contributed by atoms with Crippen LogP contribution in [-0.2, 0) is 20.9 Å². The minimum atomic E-state index is -0.878. The number of hydrogen-bond acceptors (Lipinski definition) is 12. The van der Waals surface area contributed by atoms with Crippen LogP contribution in [0.15, 0.2) is 54.9 Å². The Balaban J connectivity index is 1.32. The van der Waals surface area contributed by atoms with Crippen LogP contribution in [0.1, 0.15) is 56.4 Å². The summed E-state index contributed by atoms with van der Waals surface area (Å²) in [6.45, 7) is 7.82. The molecular formula is C39H47F2N9O5. The lowest BCUT2D eigenvalue weighted by atomic mass is 10.1. The van der Waals surface area contributed by atoms with Gasteiger partial charge in [-0.2, -0.15) is 5.10 Å². The number of rotatable bonds is 19. The minimum Gasteiger partial charge on any atom is -0.494 e. The average Bonchev–Trinajstić information content (AvgIpc) is 3.53. The number of ether oxygens (including phenoxy) is 3. The van der Waals surface area contributed by atoms with Crippen molar-refractivity contribution >= 4 is 34.3 Å². The number of nitrogens with two attached hydrogens (primary N) is 2. The molecule has 2 unspecified atom stereocenters. The molecule has 0 spiro atoms. The minimum absolute atomic E-state index is 0.0327. The fourth-order valence-corrected chi connectivity index (χ4v) is 5.67. The van der Waals surface area contributed by atoms with Gasteiger partial charge in [0, 0.05) is 47.1 Å². The van der Waals surface area contributed by atoms with Gasteiger partial charge in [0.2, 0.25) is 5.91 Å². The fraction of sp³-hybridized carbons (Fsp3) is 0.385. The second kappa shape index (κ2) is 19.0. The molecule has 5 rings (SSSR count). The van der Waals surface area contributed by atoms with Crippen LogP contribution in [0, 0.1) is 25.5 Å². The van der Waals surface area contributed by atoms with Crippen molar-refractivity contribution in [3.8, 4) is 23.0 Å². The number of unbranched alkanes of at least 4 members (excludes halogenated alkanes) is 1. The first-order valence-corrected chi connectivity index (χ1v) is 18.2. The zero-order valence-electron chi connectivity index (χ0n) is 31.4. The van der Waals surface area contributed by atoms with Gasteiger partial charge in [-0.1, -0.05) is 24.6 Å². The number of nitrogens with zero attached hydrogens (tertiary/aromatic N) is 5.